The number of ether oxygens (including phenoxy) is 1. The quantitative estimate of drug-likeness (QED) is 0.0920. The molecule has 4 heteroatoms. The lowest BCUT2D eigenvalue weighted by atomic mass is 9.99. The van der Waals surface area contributed by atoms with Gasteiger partial charge in [-0.05, 0) is 126 Å². The first-order chi connectivity index (χ1) is 19.9. The van der Waals surface area contributed by atoms with Gasteiger partial charge in [0.1, 0.15) is 0 Å². The molecular weight excluding hydrogens is 520 g/mol. The SMILES string of the molecule is COc1c(O)c(O)c(C)c(C/C=C(/C)CC/C=C(\C)CC/C=C(\C)CC/C=C(\C)CC/C=C(/C)CCC=C(C)C)c1O. The number of aromatic hydroxyl groups is 3. The Balaban J connectivity index is 2.41. The van der Waals surface area contributed by atoms with Crippen molar-refractivity contribution in [3.05, 3.63) is 81.0 Å². The molecule has 1 rings (SSSR count). The van der Waals surface area contributed by atoms with Crippen LogP contribution in [0.5, 0.6) is 23.0 Å². The van der Waals surface area contributed by atoms with Gasteiger partial charge in [-0.1, -0.05) is 69.9 Å². The molecule has 0 unspecified atom stereocenters. The lowest BCUT2D eigenvalue weighted by Gasteiger charge is -2.15. The summed E-state index contributed by atoms with van der Waals surface area (Å²) in [5.41, 5.74) is 9.52. The van der Waals surface area contributed by atoms with Crippen molar-refractivity contribution >= 4 is 0 Å². The van der Waals surface area contributed by atoms with Crippen molar-refractivity contribution in [3.8, 4) is 23.0 Å². The van der Waals surface area contributed by atoms with E-state index in [0.717, 1.165) is 57.8 Å². The molecule has 0 fully saturated rings. The highest BCUT2D eigenvalue weighted by Gasteiger charge is 2.21. The van der Waals surface area contributed by atoms with Gasteiger partial charge in [-0.2, -0.15) is 0 Å². The zero-order chi connectivity index (χ0) is 31.7. The Morgan fingerprint density at radius 3 is 1.24 bits per heavy atom. The minimum Gasteiger partial charge on any atom is -0.504 e. The van der Waals surface area contributed by atoms with Crippen molar-refractivity contribution in [2.45, 2.75) is 126 Å². The molecular formula is C38H58O4. The second-order valence-electron chi connectivity index (χ2n) is 12.1. The van der Waals surface area contributed by atoms with Gasteiger partial charge in [0.05, 0.1) is 7.11 Å². The molecule has 0 saturated carbocycles. The van der Waals surface area contributed by atoms with Gasteiger partial charge in [0.15, 0.2) is 11.5 Å². The van der Waals surface area contributed by atoms with Crippen molar-refractivity contribution < 1.29 is 20.1 Å². The second kappa shape index (κ2) is 19.9. The van der Waals surface area contributed by atoms with Crippen molar-refractivity contribution in [2.24, 2.45) is 0 Å². The smallest absolute Gasteiger partial charge is 0.207 e. The second-order valence-corrected chi connectivity index (χ2v) is 12.1. The molecule has 0 aliphatic heterocycles. The first kappa shape index (κ1) is 36.9. The van der Waals surface area contributed by atoms with E-state index in [0.29, 0.717) is 17.5 Å². The Morgan fingerprint density at radius 1 is 0.524 bits per heavy atom. The molecule has 0 spiro atoms. The predicted octanol–water partition coefficient (Wildman–Crippen LogP) is 11.3. The van der Waals surface area contributed by atoms with E-state index in [2.05, 4.69) is 84.9 Å². The largest absolute Gasteiger partial charge is 0.504 e. The summed E-state index contributed by atoms with van der Waals surface area (Å²) in [6, 6.07) is 0. The van der Waals surface area contributed by atoms with Crippen LogP contribution in [0.25, 0.3) is 0 Å². The Labute approximate surface area is 256 Å². The predicted molar refractivity (Wildman–Crippen MR) is 181 cm³/mol. The monoisotopic (exact) mass is 578 g/mol. The van der Waals surface area contributed by atoms with Gasteiger partial charge < -0.3 is 20.1 Å². The normalized spacial score (nSPS) is 13.5. The minimum atomic E-state index is -0.426. The maximum absolute atomic E-state index is 10.5. The van der Waals surface area contributed by atoms with Gasteiger partial charge >= 0.3 is 0 Å². The molecule has 0 bridgehead atoms. The van der Waals surface area contributed by atoms with E-state index in [9.17, 15) is 15.3 Å². The summed E-state index contributed by atoms with van der Waals surface area (Å²) in [4.78, 5) is 0. The van der Waals surface area contributed by atoms with Crippen LogP contribution in [0.4, 0.5) is 0 Å². The number of rotatable bonds is 18. The van der Waals surface area contributed by atoms with Crippen LogP contribution in [-0.4, -0.2) is 22.4 Å². The van der Waals surface area contributed by atoms with E-state index >= 15 is 0 Å². The summed E-state index contributed by atoms with van der Waals surface area (Å²) in [5, 5.41) is 30.6. The minimum absolute atomic E-state index is 0.0894. The number of methoxy groups -OCH3 is 1. The fraction of sp³-hybridized carbons (Fsp3) is 0.526. The fourth-order valence-corrected chi connectivity index (χ4v) is 4.86. The maximum Gasteiger partial charge on any atom is 0.207 e. The molecule has 0 aliphatic rings. The third-order valence-corrected chi connectivity index (χ3v) is 7.82. The number of hydrogen-bond acceptors (Lipinski definition) is 4. The first-order valence-corrected chi connectivity index (χ1v) is 15.6. The summed E-state index contributed by atoms with van der Waals surface area (Å²) < 4.78 is 5.06. The van der Waals surface area contributed by atoms with Crippen LogP contribution < -0.4 is 4.74 Å². The maximum atomic E-state index is 10.5. The molecule has 0 aliphatic carbocycles. The highest BCUT2D eigenvalue weighted by Crippen LogP contribution is 2.47. The van der Waals surface area contributed by atoms with Crippen LogP contribution in [0, 0.1) is 6.92 Å². The lowest BCUT2D eigenvalue weighted by Crippen LogP contribution is -1.95. The standard InChI is InChI=1S/C38H58O4/c1-27(2)15-10-16-28(3)17-11-18-29(4)19-12-20-30(5)21-13-22-31(6)23-14-24-32(7)25-26-34-33(8)35(39)37(41)38(42-9)36(34)40/h15,17,19,21,23,25,39-41H,10-14,16,18,20,22,24,26H2,1-9H3/b28-17-,29-19+,30-21+,31-23+,32-25-. The Bertz CT molecular complexity index is 1180. The summed E-state index contributed by atoms with van der Waals surface area (Å²) in [5.74, 6) is -0.887. The fourth-order valence-electron chi connectivity index (χ4n) is 4.86. The average molecular weight is 579 g/mol. The van der Waals surface area contributed by atoms with E-state index < -0.39 is 5.75 Å². The summed E-state index contributed by atoms with van der Waals surface area (Å²) in [6.45, 7) is 17.1. The van der Waals surface area contributed by atoms with Gasteiger partial charge in [0.25, 0.3) is 0 Å². The topological polar surface area (TPSA) is 69.9 Å². The third-order valence-electron chi connectivity index (χ3n) is 7.82. The highest BCUT2D eigenvalue weighted by molar-refractivity contribution is 5.65. The van der Waals surface area contributed by atoms with E-state index in [1.165, 1.54) is 47.0 Å². The summed E-state index contributed by atoms with van der Waals surface area (Å²) in [6.07, 6.45) is 25.3. The molecule has 0 saturated heterocycles. The van der Waals surface area contributed by atoms with Crippen LogP contribution >= 0.6 is 0 Å². The molecule has 0 radical (unpaired) electrons. The van der Waals surface area contributed by atoms with E-state index in [1.807, 2.05) is 0 Å². The molecule has 1 aromatic carbocycles. The van der Waals surface area contributed by atoms with E-state index in [-0.39, 0.29) is 17.2 Å². The molecule has 3 N–H and O–H groups in total. The van der Waals surface area contributed by atoms with E-state index in [1.54, 1.807) is 6.92 Å². The molecule has 42 heavy (non-hydrogen) atoms. The van der Waals surface area contributed by atoms with Gasteiger partial charge in [0.2, 0.25) is 11.5 Å². The van der Waals surface area contributed by atoms with Crippen molar-refractivity contribution in [2.75, 3.05) is 7.11 Å². The van der Waals surface area contributed by atoms with Crippen LogP contribution in [-0.2, 0) is 6.42 Å². The Morgan fingerprint density at radius 2 is 0.881 bits per heavy atom. The van der Waals surface area contributed by atoms with Crippen LogP contribution in [0.1, 0.15) is 124 Å². The van der Waals surface area contributed by atoms with Crippen LogP contribution in [0.3, 0.4) is 0 Å². The van der Waals surface area contributed by atoms with Gasteiger partial charge in [0, 0.05) is 11.1 Å². The molecule has 0 atom stereocenters. The zero-order valence-electron chi connectivity index (χ0n) is 28.0. The molecule has 1 aromatic rings. The van der Waals surface area contributed by atoms with Crippen molar-refractivity contribution in [3.63, 3.8) is 0 Å². The molecule has 234 valence electrons. The van der Waals surface area contributed by atoms with Gasteiger partial charge in [-0.15, -0.1) is 0 Å². The Hall–Kier alpha value is -3.14. The number of phenolic OH excluding ortho intramolecular Hbond substituents is 3. The number of allylic oxidation sites excluding steroid dienone is 12. The average Bonchev–Trinajstić information content (AvgIpc) is 2.92. The molecule has 0 heterocycles. The van der Waals surface area contributed by atoms with Gasteiger partial charge in [-0.3, -0.25) is 0 Å². The summed E-state index contributed by atoms with van der Waals surface area (Å²) in [7, 11) is 1.36. The molecule has 0 aromatic heterocycles. The lowest BCUT2D eigenvalue weighted by molar-refractivity contribution is 0.326. The third kappa shape index (κ3) is 14.2. The van der Waals surface area contributed by atoms with Crippen molar-refractivity contribution in [1.82, 2.24) is 0 Å². The summed E-state index contributed by atoms with van der Waals surface area (Å²) >= 11 is 0. The Kier molecular flexibility index (Phi) is 17.5. The number of hydrogen-bond donors (Lipinski definition) is 3. The van der Waals surface area contributed by atoms with Gasteiger partial charge in [-0.25, -0.2) is 0 Å². The van der Waals surface area contributed by atoms with E-state index in [4.69, 9.17) is 4.74 Å². The number of benzene rings is 1. The molecule has 4 nitrogen and oxygen atoms in total. The zero-order valence-corrected chi connectivity index (χ0v) is 28.0. The van der Waals surface area contributed by atoms with Crippen LogP contribution in [0.15, 0.2) is 69.9 Å². The van der Waals surface area contributed by atoms with Crippen LogP contribution in [0.2, 0.25) is 0 Å². The molecule has 0 amide bonds. The first-order valence-electron chi connectivity index (χ1n) is 15.6. The number of phenols is 3. The highest BCUT2D eigenvalue weighted by atomic mass is 16.5. The van der Waals surface area contributed by atoms with Crippen molar-refractivity contribution in [1.29, 1.82) is 0 Å².